The van der Waals surface area contributed by atoms with Gasteiger partial charge in [-0.25, -0.2) is 0 Å². The summed E-state index contributed by atoms with van der Waals surface area (Å²) in [5.74, 6) is -0.811. The largest absolute Gasteiger partial charge is 0.457 e. The summed E-state index contributed by atoms with van der Waals surface area (Å²) >= 11 is 0. The third kappa shape index (κ3) is 7.26. The molecular formula is C38H41N3O4. The second kappa shape index (κ2) is 14.2. The van der Waals surface area contributed by atoms with Crippen LogP contribution >= 0.6 is 0 Å². The highest BCUT2D eigenvalue weighted by molar-refractivity contribution is 6.06. The number of nitrogens with zero attached hydrogens (tertiary/aromatic N) is 1. The van der Waals surface area contributed by atoms with Gasteiger partial charge in [0.15, 0.2) is 0 Å². The van der Waals surface area contributed by atoms with Gasteiger partial charge in [0.2, 0.25) is 11.8 Å². The maximum atomic E-state index is 14.6. The quantitative estimate of drug-likeness (QED) is 0.176. The first-order chi connectivity index (χ1) is 21.8. The molecule has 3 N–H and O–H groups in total. The highest BCUT2D eigenvalue weighted by atomic mass is 16.5. The number of nitrogens with one attached hydrogen (secondary N) is 1. The summed E-state index contributed by atoms with van der Waals surface area (Å²) in [5, 5.41) is 3.10. The Labute approximate surface area is 265 Å². The number of carbonyl (C=O) groups is 3. The molecule has 7 heteroatoms. The van der Waals surface area contributed by atoms with Crippen molar-refractivity contribution < 1.29 is 19.1 Å². The number of rotatable bonds is 12. The van der Waals surface area contributed by atoms with Gasteiger partial charge in [0, 0.05) is 17.4 Å². The van der Waals surface area contributed by atoms with Gasteiger partial charge < -0.3 is 20.7 Å². The van der Waals surface area contributed by atoms with Gasteiger partial charge >= 0.3 is 0 Å². The van der Waals surface area contributed by atoms with E-state index in [-0.39, 0.29) is 24.3 Å². The standard InChI is InChI=1S/C38H41N3O4/c1-4-13-32(36(39)42)33(22-25(2)3)37(43)40-35-31-20-9-8-18-29(31)30-19-10-11-21-34(30)41(38(35)44)24-26-14-12-17-28(23-26)45-27-15-6-5-7-16-27/h5-12,14-21,23,25,32-33,35H,4,13,22,24H2,1-3H3,(H2,39,42)(H,40,43). The first-order valence-electron chi connectivity index (χ1n) is 15.7. The van der Waals surface area contributed by atoms with Gasteiger partial charge in [0.1, 0.15) is 17.5 Å². The van der Waals surface area contributed by atoms with Crippen molar-refractivity contribution in [2.24, 2.45) is 23.5 Å². The summed E-state index contributed by atoms with van der Waals surface area (Å²) < 4.78 is 6.07. The Morgan fingerprint density at radius 3 is 2.22 bits per heavy atom. The Bertz CT molecular complexity index is 1650. The Morgan fingerprint density at radius 1 is 0.844 bits per heavy atom. The smallest absolute Gasteiger partial charge is 0.254 e. The van der Waals surface area contributed by atoms with E-state index in [1.165, 1.54) is 0 Å². The van der Waals surface area contributed by atoms with E-state index in [2.05, 4.69) is 5.32 Å². The van der Waals surface area contributed by atoms with Crippen LogP contribution in [0.15, 0.2) is 103 Å². The van der Waals surface area contributed by atoms with E-state index >= 15 is 0 Å². The molecule has 0 aromatic heterocycles. The van der Waals surface area contributed by atoms with Gasteiger partial charge in [-0.05, 0) is 65.8 Å². The fraction of sp³-hybridized carbons (Fsp3) is 0.289. The number of hydrogen-bond donors (Lipinski definition) is 2. The van der Waals surface area contributed by atoms with Crippen LogP contribution < -0.4 is 20.7 Å². The minimum absolute atomic E-state index is 0.155. The van der Waals surface area contributed by atoms with Gasteiger partial charge in [-0.1, -0.05) is 100.0 Å². The number of anilines is 1. The molecule has 0 fully saturated rings. The molecule has 0 saturated carbocycles. The molecule has 4 aromatic rings. The van der Waals surface area contributed by atoms with Gasteiger partial charge in [-0.3, -0.25) is 14.4 Å². The van der Waals surface area contributed by atoms with Crippen LogP contribution in [0.4, 0.5) is 5.69 Å². The number of benzene rings is 4. The van der Waals surface area contributed by atoms with Gasteiger partial charge in [-0.2, -0.15) is 0 Å². The Hall–Kier alpha value is -4.91. The summed E-state index contributed by atoms with van der Waals surface area (Å²) in [6, 6.07) is 31.7. The number of carbonyl (C=O) groups excluding carboxylic acids is 3. The molecule has 0 saturated heterocycles. The predicted octanol–water partition coefficient (Wildman–Crippen LogP) is 7.41. The number of nitrogens with two attached hydrogens (primary N) is 1. The third-order valence-electron chi connectivity index (χ3n) is 8.29. The van der Waals surface area contributed by atoms with E-state index in [1.807, 2.05) is 124 Å². The number of ether oxygens (including phenoxy) is 1. The molecule has 5 rings (SSSR count). The zero-order chi connectivity index (χ0) is 31.9. The topological polar surface area (TPSA) is 102 Å². The first-order valence-corrected chi connectivity index (χ1v) is 15.7. The normalized spacial score (nSPS) is 15.4. The molecule has 3 atom stereocenters. The van der Waals surface area contributed by atoms with Crippen molar-refractivity contribution in [1.82, 2.24) is 5.32 Å². The second-order valence-electron chi connectivity index (χ2n) is 12.1. The molecule has 232 valence electrons. The average molecular weight is 604 g/mol. The van der Waals surface area contributed by atoms with Crippen LogP contribution in [0.25, 0.3) is 11.1 Å². The molecule has 0 aliphatic carbocycles. The van der Waals surface area contributed by atoms with E-state index in [4.69, 9.17) is 10.5 Å². The molecule has 3 unspecified atom stereocenters. The van der Waals surface area contributed by atoms with Crippen LogP contribution in [0.5, 0.6) is 11.5 Å². The SMILES string of the molecule is CCCC(C(N)=O)C(CC(C)C)C(=O)NC1C(=O)N(Cc2cccc(Oc3ccccc3)c2)c2ccccc2-c2ccccc21. The van der Waals surface area contributed by atoms with E-state index in [0.717, 1.165) is 34.5 Å². The average Bonchev–Trinajstić information content (AvgIpc) is 3.12. The Morgan fingerprint density at radius 2 is 1.51 bits per heavy atom. The van der Waals surface area contributed by atoms with Crippen molar-refractivity contribution in [2.45, 2.75) is 52.6 Å². The van der Waals surface area contributed by atoms with Crippen molar-refractivity contribution >= 4 is 23.4 Å². The van der Waals surface area contributed by atoms with Crippen molar-refractivity contribution in [2.75, 3.05) is 4.90 Å². The molecule has 1 heterocycles. The second-order valence-corrected chi connectivity index (χ2v) is 12.1. The molecule has 45 heavy (non-hydrogen) atoms. The fourth-order valence-electron chi connectivity index (χ4n) is 6.22. The molecular weight excluding hydrogens is 562 g/mol. The van der Waals surface area contributed by atoms with Crippen LogP contribution in [0.1, 0.15) is 57.2 Å². The summed E-state index contributed by atoms with van der Waals surface area (Å²) in [6.45, 7) is 6.27. The summed E-state index contributed by atoms with van der Waals surface area (Å²) in [4.78, 5) is 43.0. The molecule has 0 radical (unpaired) electrons. The van der Waals surface area contributed by atoms with Gasteiger partial charge in [-0.15, -0.1) is 0 Å². The van der Waals surface area contributed by atoms with Crippen molar-refractivity contribution in [3.8, 4) is 22.6 Å². The van der Waals surface area contributed by atoms with Gasteiger partial charge in [0.05, 0.1) is 12.2 Å². The van der Waals surface area contributed by atoms with Crippen molar-refractivity contribution in [1.29, 1.82) is 0 Å². The maximum absolute atomic E-state index is 14.6. The van der Waals surface area contributed by atoms with Crippen LogP contribution in [-0.2, 0) is 20.9 Å². The van der Waals surface area contributed by atoms with E-state index in [0.29, 0.717) is 24.2 Å². The molecule has 1 aliphatic rings. The van der Waals surface area contributed by atoms with Crippen LogP contribution in [0.2, 0.25) is 0 Å². The zero-order valence-corrected chi connectivity index (χ0v) is 26.1. The number of fused-ring (bicyclic) bond motifs is 3. The fourth-order valence-corrected chi connectivity index (χ4v) is 6.22. The monoisotopic (exact) mass is 603 g/mol. The van der Waals surface area contributed by atoms with Gasteiger partial charge in [0.25, 0.3) is 5.91 Å². The number of amides is 3. The third-order valence-corrected chi connectivity index (χ3v) is 8.29. The van der Waals surface area contributed by atoms with E-state index in [1.54, 1.807) is 4.90 Å². The number of para-hydroxylation sites is 2. The maximum Gasteiger partial charge on any atom is 0.254 e. The molecule has 3 amide bonds. The lowest BCUT2D eigenvalue weighted by molar-refractivity contribution is -0.136. The summed E-state index contributed by atoms with van der Waals surface area (Å²) in [7, 11) is 0. The van der Waals surface area contributed by atoms with Crippen molar-refractivity contribution in [3.05, 3.63) is 114 Å². The lowest BCUT2D eigenvalue weighted by Crippen LogP contribution is -2.47. The van der Waals surface area contributed by atoms with Crippen LogP contribution in [0, 0.1) is 17.8 Å². The minimum Gasteiger partial charge on any atom is -0.457 e. The molecule has 4 aromatic carbocycles. The molecule has 7 nitrogen and oxygen atoms in total. The van der Waals surface area contributed by atoms with E-state index < -0.39 is 23.8 Å². The van der Waals surface area contributed by atoms with Crippen LogP contribution in [0.3, 0.4) is 0 Å². The zero-order valence-electron chi connectivity index (χ0n) is 26.1. The highest BCUT2D eigenvalue weighted by Crippen LogP contribution is 2.41. The minimum atomic E-state index is -0.963. The lowest BCUT2D eigenvalue weighted by Gasteiger charge is -2.30. The molecule has 0 spiro atoms. The van der Waals surface area contributed by atoms with Crippen molar-refractivity contribution in [3.63, 3.8) is 0 Å². The molecule has 1 aliphatic heterocycles. The number of primary amides is 1. The predicted molar refractivity (Wildman–Crippen MR) is 177 cm³/mol. The first kappa shape index (κ1) is 31.5. The molecule has 0 bridgehead atoms. The lowest BCUT2D eigenvalue weighted by atomic mass is 9.81. The Balaban J connectivity index is 1.53. The highest BCUT2D eigenvalue weighted by Gasteiger charge is 2.39. The van der Waals surface area contributed by atoms with Crippen LogP contribution in [-0.4, -0.2) is 17.7 Å². The summed E-state index contributed by atoms with van der Waals surface area (Å²) in [6.07, 6.45) is 1.71. The summed E-state index contributed by atoms with van der Waals surface area (Å²) in [5.41, 5.74) is 9.92. The Kier molecular flexibility index (Phi) is 9.98. The van der Waals surface area contributed by atoms with E-state index in [9.17, 15) is 14.4 Å². The number of hydrogen-bond acceptors (Lipinski definition) is 4.